The van der Waals surface area contributed by atoms with E-state index in [9.17, 15) is 0 Å². The van der Waals surface area contributed by atoms with Crippen LogP contribution in [-0.4, -0.2) is 62.4 Å². The number of ether oxygens (including phenoxy) is 9. The van der Waals surface area contributed by atoms with Crippen LogP contribution in [0.2, 0.25) is 0 Å². The highest BCUT2D eigenvalue weighted by Gasteiger charge is 2.52. The van der Waals surface area contributed by atoms with Gasteiger partial charge in [-0.3, -0.25) is 0 Å². The van der Waals surface area contributed by atoms with Crippen LogP contribution in [0.15, 0.2) is 182 Å². The number of hydrogen-bond donors (Lipinski definition) is 0. The second-order valence-electron chi connectivity index (χ2n) is 15.3. The topological polar surface area (TPSA) is 83.1 Å². The Morgan fingerprint density at radius 2 is 0.721 bits per heavy atom. The predicted molar refractivity (Wildman–Crippen MR) is 231 cm³/mol. The first-order valence-corrected chi connectivity index (χ1v) is 21.1. The molecule has 9 nitrogen and oxygen atoms in total. The van der Waals surface area contributed by atoms with Crippen LogP contribution in [0.25, 0.3) is 0 Å². The molecule has 61 heavy (non-hydrogen) atoms. The maximum Gasteiger partial charge on any atom is 0.187 e. The molecule has 2 aliphatic heterocycles. The highest BCUT2D eigenvalue weighted by Crippen LogP contribution is 2.35. The van der Waals surface area contributed by atoms with Crippen molar-refractivity contribution in [3.63, 3.8) is 0 Å². The first-order valence-electron chi connectivity index (χ1n) is 21.1. The van der Waals surface area contributed by atoms with Crippen LogP contribution in [0.4, 0.5) is 0 Å². The van der Waals surface area contributed by atoms with Crippen molar-refractivity contribution in [1.82, 2.24) is 0 Å². The zero-order valence-corrected chi connectivity index (χ0v) is 34.3. The monoisotopic (exact) mass is 822 g/mol. The average molecular weight is 823 g/mol. The SMILES string of the molecule is c1ccc(COC[C@@H]2O[C@H](O[C@@H]3[C@@H](OCc4ccccc4)[C@H](OCc4ccccc4)OC[C@H]3OCc3ccccc3)[C@H](OCc3ccccc3)[C@H]2OCc2ccccc2)cc1. The largest absolute Gasteiger partial charge is 0.374 e. The molecule has 2 fully saturated rings. The van der Waals surface area contributed by atoms with Gasteiger partial charge in [0.25, 0.3) is 0 Å². The van der Waals surface area contributed by atoms with E-state index in [4.69, 9.17) is 42.6 Å². The van der Waals surface area contributed by atoms with E-state index in [2.05, 4.69) is 0 Å². The molecule has 2 aliphatic rings. The van der Waals surface area contributed by atoms with Crippen LogP contribution < -0.4 is 0 Å². The summed E-state index contributed by atoms with van der Waals surface area (Å²) in [6.45, 7) is 2.48. The minimum absolute atomic E-state index is 0.196. The fourth-order valence-corrected chi connectivity index (χ4v) is 7.54. The standard InChI is InChI=1S/C52H54O9/c1-7-19-39(20-8-1)31-53-37-46-47(55-33-41-23-11-3-12-24-41)49(56-34-42-25-13-4-14-26-42)52(60-46)61-48-45(54-32-40-21-9-2-10-22-40)38-59-51(58-36-44-29-17-6-18-30-44)50(48)57-35-43-27-15-5-16-28-43/h1-30,45-52H,31-38H2/t45-,46+,47+,48+,49-,50-,51-,52-/m1/s1. The lowest BCUT2D eigenvalue weighted by atomic mass is 10.0. The zero-order valence-electron chi connectivity index (χ0n) is 34.3. The van der Waals surface area contributed by atoms with E-state index < -0.39 is 49.2 Å². The molecule has 6 aromatic carbocycles. The third-order valence-corrected chi connectivity index (χ3v) is 10.8. The molecule has 0 aromatic heterocycles. The van der Waals surface area contributed by atoms with E-state index in [-0.39, 0.29) is 13.2 Å². The summed E-state index contributed by atoms with van der Waals surface area (Å²) in [5, 5.41) is 0. The highest BCUT2D eigenvalue weighted by atomic mass is 16.8. The third-order valence-electron chi connectivity index (χ3n) is 10.8. The molecule has 0 aliphatic carbocycles. The summed E-state index contributed by atoms with van der Waals surface area (Å²) in [5.41, 5.74) is 6.15. The van der Waals surface area contributed by atoms with Gasteiger partial charge in [-0.05, 0) is 33.4 Å². The highest BCUT2D eigenvalue weighted by molar-refractivity contribution is 5.18. The van der Waals surface area contributed by atoms with Gasteiger partial charge in [0.2, 0.25) is 0 Å². The van der Waals surface area contributed by atoms with Crippen molar-refractivity contribution >= 4 is 0 Å². The van der Waals surface area contributed by atoms with Gasteiger partial charge in [-0.15, -0.1) is 0 Å². The second-order valence-corrected chi connectivity index (χ2v) is 15.3. The summed E-state index contributed by atoms with van der Waals surface area (Å²) < 4.78 is 60.6. The summed E-state index contributed by atoms with van der Waals surface area (Å²) >= 11 is 0. The summed E-state index contributed by atoms with van der Waals surface area (Å²) in [4.78, 5) is 0. The molecule has 2 heterocycles. The van der Waals surface area contributed by atoms with Gasteiger partial charge in [-0.2, -0.15) is 0 Å². The first-order chi connectivity index (χ1) is 30.2. The lowest BCUT2D eigenvalue weighted by Gasteiger charge is -2.43. The molecule has 0 unspecified atom stereocenters. The summed E-state index contributed by atoms with van der Waals surface area (Å²) in [6, 6.07) is 60.4. The fourth-order valence-electron chi connectivity index (χ4n) is 7.54. The normalized spacial score (nSPS) is 23.8. The smallest absolute Gasteiger partial charge is 0.187 e. The summed E-state index contributed by atoms with van der Waals surface area (Å²) in [7, 11) is 0. The Kier molecular flexibility index (Phi) is 15.9. The molecule has 6 aromatic rings. The van der Waals surface area contributed by atoms with Crippen molar-refractivity contribution in [3.05, 3.63) is 215 Å². The van der Waals surface area contributed by atoms with E-state index in [0.29, 0.717) is 39.6 Å². The van der Waals surface area contributed by atoms with Crippen LogP contribution in [0.1, 0.15) is 33.4 Å². The molecular formula is C52H54O9. The van der Waals surface area contributed by atoms with E-state index in [1.165, 1.54) is 0 Å². The Morgan fingerprint density at radius 1 is 0.361 bits per heavy atom. The second kappa shape index (κ2) is 22.7. The Balaban J connectivity index is 1.10. The van der Waals surface area contributed by atoms with Crippen molar-refractivity contribution in [2.45, 2.75) is 88.8 Å². The van der Waals surface area contributed by atoms with Gasteiger partial charge in [0.05, 0.1) is 52.9 Å². The Labute approximate surface area is 359 Å². The zero-order chi connectivity index (χ0) is 41.3. The lowest BCUT2D eigenvalue weighted by molar-refractivity contribution is -0.327. The van der Waals surface area contributed by atoms with E-state index in [1.807, 2.05) is 182 Å². The maximum absolute atomic E-state index is 7.22. The van der Waals surface area contributed by atoms with Gasteiger partial charge < -0.3 is 42.6 Å². The number of hydrogen-bond acceptors (Lipinski definition) is 9. The molecule has 2 saturated heterocycles. The van der Waals surface area contributed by atoms with Gasteiger partial charge in [0.1, 0.15) is 36.6 Å². The molecule has 0 spiro atoms. The van der Waals surface area contributed by atoms with Crippen LogP contribution in [0, 0.1) is 0 Å². The molecule has 0 bridgehead atoms. The van der Waals surface area contributed by atoms with Gasteiger partial charge in [-0.1, -0.05) is 182 Å². The minimum atomic E-state index is -0.904. The number of rotatable bonds is 21. The van der Waals surface area contributed by atoms with Crippen molar-refractivity contribution in [3.8, 4) is 0 Å². The van der Waals surface area contributed by atoms with E-state index in [1.54, 1.807) is 0 Å². The predicted octanol–water partition coefficient (Wildman–Crippen LogP) is 9.23. The molecule has 9 heteroatoms. The molecule has 8 rings (SSSR count). The third kappa shape index (κ3) is 12.5. The van der Waals surface area contributed by atoms with Crippen LogP contribution >= 0.6 is 0 Å². The van der Waals surface area contributed by atoms with Gasteiger partial charge in [-0.25, -0.2) is 0 Å². The molecule has 0 radical (unpaired) electrons. The summed E-state index contributed by atoms with van der Waals surface area (Å²) in [6.07, 6.45) is -5.44. The number of benzene rings is 6. The van der Waals surface area contributed by atoms with Crippen LogP contribution in [0.3, 0.4) is 0 Å². The van der Waals surface area contributed by atoms with Gasteiger partial charge in [0, 0.05) is 0 Å². The quantitative estimate of drug-likeness (QED) is 0.0706. The average Bonchev–Trinajstić information content (AvgIpc) is 3.65. The van der Waals surface area contributed by atoms with Crippen LogP contribution in [0.5, 0.6) is 0 Å². The van der Waals surface area contributed by atoms with Gasteiger partial charge >= 0.3 is 0 Å². The van der Waals surface area contributed by atoms with Crippen LogP contribution in [-0.2, 0) is 82.3 Å². The maximum atomic E-state index is 7.22. The van der Waals surface area contributed by atoms with E-state index >= 15 is 0 Å². The fraction of sp³-hybridized carbons (Fsp3) is 0.308. The molecule has 0 amide bonds. The molecular weight excluding hydrogens is 769 g/mol. The molecule has 8 atom stereocenters. The Morgan fingerprint density at radius 3 is 1.16 bits per heavy atom. The van der Waals surface area contributed by atoms with Crippen molar-refractivity contribution in [2.24, 2.45) is 0 Å². The first kappa shape index (κ1) is 42.6. The Bertz CT molecular complexity index is 2090. The lowest BCUT2D eigenvalue weighted by Crippen LogP contribution is -2.58. The summed E-state index contributed by atoms with van der Waals surface area (Å²) in [5.74, 6) is 0. The van der Waals surface area contributed by atoms with Crippen molar-refractivity contribution in [1.29, 1.82) is 0 Å². The van der Waals surface area contributed by atoms with E-state index in [0.717, 1.165) is 33.4 Å². The van der Waals surface area contributed by atoms with Gasteiger partial charge in [0.15, 0.2) is 12.6 Å². The van der Waals surface area contributed by atoms with Crippen molar-refractivity contribution in [2.75, 3.05) is 13.2 Å². The Hall–Kier alpha value is -5.04. The van der Waals surface area contributed by atoms with Crippen molar-refractivity contribution < 1.29 is 42.6 Å². The minimum Gasteiger partial charge on any atom is -0.374 e. The molecule has 316 valence electrons. The molecule has 0 N–H and O–H groups in total. The molecule has 0 saturated carbocycles.